The van der Waals surface area contributed by atoms with Crippen molar-refractivity contribution >= 4 is 34.4 Å². The molecule has 2 aromatic heterocycles. The Hall–Kier alpha value is -2.67. The van der Waals surface area contributed by atoms with Crippen LogP contribution < -0.4 is 4.90 Å². The predicted molar refractivity (Wildman–Crippen MR) is 108 cm³/mol. The van der Waals surface area contributed by atoms with Crippen LogP contribution in [0.4, 0.5) is 5.82 Å². The normalized spacial score (nSPS) is 17.1. The topological polar surface area (TPSA) is 73.1 Å². The molecule has 0 N–H and O–H groups in total. The van der Waals surface area contributed by atoms with Crippen LogP contribution in [0.15, 0.2) is 30.7 Å². The van der Waals surface area contributed by atoms with Gasteiger partial charge in [-0.05, 0) is 44.4 Å². The highest BCUT2D eigenvalue weighted by Gasteiger charge is 2.29. The third-order valence-electron chi connectivity index (χ3n) is 5.09. The molecule has 0 bridgehead atoms. The smallest absolute Gasteiger partial charge is 0.310 e. The molecule has 0 amide bonds. The molecule has 1 aliphatic heterocycles. The fraction of sp³-hybridized carbons (Fsp3) is 0.400. The summed E-state index contributed by atoms with van der Waals surface area (Å²) in [7, 11) is 0. The largest absolute Gasteiger partial charge is 0.466 e. The van der Waals surface area contributed by atoms with Crippen molar-refractivity contribution in [2.24, 2.45) is 5.92 Å². The quantitative estimate of drug-likeness (QED) is 0.624. The van der Waals surface area contributed by atoms with E-state index in [9.17, 15) is 4.79 Å². The van der Waals surface area contributed by atoms with E-state index < -0.39 is 0 Å². The lowest BCUT2D eigenvalue weighted by molar-refractivity contribution is -0.148. The van der Waals surface area contributed by atoms with Crippen LogP contribution >= 0.6 is 11.6 Å². The second kappa shape index (κ2) is 7.75. The maximum Gasteiger partial charge on any atom is 0.310 e. The number of fused-ring (bicyclic) bond motifs is 1. The fourth-order valence-corrected chi connectivity index (χ4v) is 3.78. The summed E-state index contributed by atoms with van der Waals surface area (Å²) in [5, 5.41) is 6.05. The van der Waals surface area contributed by atoms with Crippen molar-refractivity contribution in [3.05, 3.63) is 41.3 Å². The average Bonchev–Trinajstić information content (AvgIpc) is 3.14. The van der Waals surface area contributed by atoms with Crippen LogP contribution in [0.1, 0.15) is 25.3 Å². The van der Waals surface area contributed by atoms with Crippen LogP contribution in [0.2, 0.25) is 5.02 Å². The summed E-state index contributed by atoms with van der Waals surface area (Å²) in [5.41, 5.74) is 2.57. The number of carbonyl (C=O) groups is 1. The highest BCUT2D eigenvalue weighted by atomic mass is 35.5. The molecule has 0 saturated carbocycles. The van der Waals surface area contributed by atoms with Gasteiger partial charge in [0.25, 0.3) is 0 Å². The van der Waals surface area contributed by atoms with E-state index in [1.54, 1.807) is 17.2 Å². The lowest BCUT2D eigenvalue weighted by Crippen LogP contribution is -2.40. The fourth-order valence-electron chi connectivity index (χ4n) is 3.61. The predicted octanol–water partition coefficient (Wildman–Crippen LogP) is 3.56. The van der Waals surface area contributed by atoms with Crippen LogP contribution in [0, 0.1) is 12.8 Å². The first-order valence-corrected chi connectivity index (χ1v) is 9.83. The van der Waals surface area contributed by atoms with E-state index in [0.717, 1.165) is 41.8 Å². The Labute approximate surface area is 168 Å². The van der Waals surface area contributed by atoms with Crippen LogP contribution in [0.3, 0.4) is 0 Å². The Balaban J connectivity index is 1.68. The molecule has 1 saturated heterocycles. The number of hydrogen-bond acceptors (Lipinski definition) is 6. The van der Waals surface area contributed by atoms with Crippen LogP contribution in [0.25, 0.3) is 16.7 Å². The van der Waals surface area contributed by atoms with Gasteiger partial charge in [0.05, 0.1) is 29.8 Å². The number of benzene rings is 1. The van der Waals surface area contributed by atoms with Gasteiger partial charge in [0, 0.05) is 18.1 Å². The number of nitrogens with zero attached hydrogens (tertiary/aromatic N) is 5. The summed E-state index contributed by atoms with van der Waals surface area (Å²) in [6.07, 6.45) is 5.06. The molecule has 1 aliphatic rings. The molecule has 3 aromatic rings. The molecule has 3 heterocycles. The average molecular weight is 400 g/mol. The van der Waals surface area contributed by atoms with Gasteiger partial charge < -0.3 is 9.64 Å². The van der Waals surface area contributed by atoms with Crippen LogP contribution in [-0.2, 0) is 9.53 Å². The minimum absolute atomic E-state index is 0.135. The molecule has 0 unspecified atom stereocenters. The lowest BCUT2D eigenvalue weighted by Gasteiger charge is -2.32. The van der Waals surface area contributed by atoms with Crippen LogP contribution in [0.5, 0.6) is 0 Å². The third kappa shape index (κ3) is 3.42. The molecule has 0 spiro atoms. The Bertz CT molecular complexity index is 1020. The van der Waals surface area contributed by atoms with E-state index >= 15 is 0 Å². The molecule has 4 rings (SSSR count). The monoisotopic (exact) mass is 399 g/mol. The van der Waals surface area contributed by atoms with Gasteiger partial charge in [0.2, 0.25) is 0 Å². The number of ether oxygens (including phenoxy) is 1. The molecular formula is C20H22ClN5O2. The second-order valence-corrected chi connectivity index (χ2v) is 7.37. The highest BCUT2D eigenvalue weighted by Crippen LogP contribution is 2.29. The summed E-state index contributed by atoms with van der Waals surface area (Å²) in [4.78, 5) is 23.2. The number of aromatic nitrogens is 4. The number of hydrogen-bond donors (Lipinski definition) is 0. The minimum Gasteiger partial charge on any atom is -0.466 e. The molecule has 1 atom stereocenters. The van der Waals surface area contributed by atoms with Gasteiger partial charge in [-0.2, -0.15) is 5.10 Å². The molecule has 1 aromatic carbocycles. The molecule has 0 radical (unpaired) electrons. The van der Waals surface area contributed by atoms with E-state index in [-0.39, 0.29) is 11.9 Å². The first kappa shape index (κ1) is 18.7. The van der Waals surface area contributed by atoms with Gasteiger partial charge in [-0.1, -0.05) is 17.7 Å². The third-order valence-corrected chi connectivity index (χ3v) is 5.49. The minimum atomic E-state index is -0.137. The molecular weight excluding hydrogens is 378 g/mol. The van der Waals surface area contributed by atoms with Crippen molar-refractivity contribution in [2.75, 3.05) is 24.6 Å². The summed E-state index contributed by atoms with van der Waals surface area (Å²) in [6.45, 7) is 5.62. The van der Waals surface area contributed by atoms with Gasteiger partial charge in [-0.25, -0.2) is 14.6 Å². The standard InChI is InChI=1S/C20H22ClN5O2/c1-3-28-20(27)14-5-4-8-25(11-14)18-16-10-24-26(19(16)23-12-22-18)15-7-6-13(2)17(21)9-15/h6-7,9-10,12,14H,3-5,8,11H2,1-2H3/t14-/m1/s1. The van der Waals surface area contributed by atoms with E-state index in [2.05, 4.69) is 20.0 Å². The molecule has 1 fully saturated rings. The van der Waals surface area contributed by atoms with E-state index in [4.69, 9.17) is 16.3 Å². The number of piperidine rings is 1. The first-order valence-electron chi connectivity index (χ1n) is 9.45. The van der Waals surface area contributed by atoms with E-state index in [1.807, 2.05) is 32.0 Å². The van der Waals surface area contributed by atoms with Crippen molar-refractivity contribution in [1.82, 2.24) is 19.7 Å². The number of carbonyl (C=O) groups excluding carboxylic acids is 1. The molecule has 7 nitrogen and oxygen atoms in total. The lowest BCUT2D eigenvalue weighted by atomic mass is 9.98. The Morgan fingerprint density at radius 1 is 1.36 bits per heavy atom. The molecule has 0 aliphatic carbocycles. The summed E-state index contributed by atoms with van der Waals surface area (Å²) < 4.78 is 6.97. The summed E-state index contributed by atoms with van der Waals surface area (Å²) in [5.74, 6) is 0.524. The maximum absolute atomic E-state index is 12.2. The van der Waals surface area contributed by atoms with Crippen molar-refractivity contribution in [2.45, 2.75) is 26.7 Å². The Morgan fingerprint density at radius 2 is 2.21 bits per heavy atom. The van der Waals surface area contributed by atoms with Crippen molar-refractivity contribution in [1.29, 1.82) is 0 Å². The van der Waals surface area contributed by atoms with Crippen LogP contribution in [-0.4, -0.2) is 45.4 Å². The van der Waals surface area contributed by atoms with Crippen molar-refractivity contribution in [3.8, 4) is 5.69 Å². The number of anilines is 1. The number of esters is 1. The zero-order chi connectivity index (χ0) is 19.7. The Kier molecular flexibility index (Phi) is 5.17. The summed E-state index contributed by atoms with van der Waals surface area (Å²) in [6, 6.07) is 5.80. The van der Waals surface area contributed by atoms with Gasteiger partial charge >= 0.3 is 5.97 Å². The molecule has 146 valence electrons. The Morgan fingerprint density at radius 3 is 3.00 bits per heavy atom. The first-order chi connectivity index (χ1) is 13.6. The number of rotatable bonds is 4. The zero-order valence-electron chi connectivity index (χ0n) is 15.9. The van der Waals surface area contributed by atoms with E-state index in [1.165, 1.54) is 0 Å². The number of aryl methyl sites for hydroxylation is 1. The van der Waals surface area contributed by atoms with Gasteiger partial charge in [-0.15, -0.1) is 0 Å². The zero-order valence-corrected chi connectivity index (χ0v) is 16.7. The van der Waals surface area contributed by atoms with Crippen molar-refractivity contribution in [3.63, 3.8) is 0 Å². The highest BCUT2D eigenvalue weighted by molar-refractivity contribution is 6.31. The van der Waals surface area contributed by atoms with Gasteiger partial charge in [0.15, 0.2) is 5.65 Å². The van der Waals surface area contributed by atoms with Gasteiger partial charge in [-0.3, -0.25) is 4.79 Å². The maximum atomic E-state index is 12.2. The number of halogens is 1. The SMILES string of the molecule is CCOC(=O)[C@@H]1CCCN(c2ncnc3c2cnn3-c2ccc(C)c(Cl)c2)C1. The second-order valence-electron chi connectivity index (χ2n) is 6.96. The van der Waals surface area contributed by atoms with E-state index in [0.29, 0.717) is 23.8 Å². The molecule has 28 heavy (non-hydrogen) atoms. The molecule has 8 heteroatoms. The van der Waals surface area contributed by atoms with Crippen molar-refractivity contribution < 1.29 is 9.53 Å². The van der Waals surface area contributed by atoms with Gasteiger partial charge in [0.1, 0.15) is 12.1 Å². The summed E-state index contributed by atoms with van der Waals surface area (Å²) >= 11 is 6.28.